The summed E-state index contributed by atoms with van der Waals surface area (Å²) < 4.78 is 17.0. The summed E-state index contributed by atoms with van der Waals surface area (Å²) in [5, 5.41) is 57.8. The maximum absolute atomic E-state index is 12.8. The number of hydrogen-bond donors (Lipinski definition) is 6. The molecule has 12 heteroatoms. The van der Waals surface area contributed by atoms with Gasteiger partial charge in [-0.1, -0.05) is 0 Å². The Balaban J connectivity index is 1.70. The molecule has 12 nitrogen and oxygen atoms in total. The van der Waals surface area contributed by atoms with Gasteiger partial charge in [-0.25, -0.2) is 9.78 Å². The molecule has 0 aliphatic carbocycles. The number of hydrogen-bond acceptors (Lipinski definition) is 12. The molecule has 0 radical (unpaired) electrons. The van der Waals surface area contributed by atoms with Crippen molar-refractivity contribution in [2.45, 2.75) is 63.0 Å². The zero-order chi connectivity index (χ0) is 25.2. The molecule has 1 aromatic heterocycles. The Hall–Kier alpha value is -2.29. The average Bonchev–Trinajstić information content (AvgIpc) is 3.23. The first kappa shape index (κ1) is 26.3. The Bertz CT molecular complexity index is 1040. The van der Waals surface area contributed by atoms with Gasteiger partial charge < -0.3 is 44.5 Å². The Labute approximate surface area is 194 Å². The minimum Gasteiger partial charge on any atom is -0.495 e. The van der Waals surface area contributed by atoms with Gasteiger partial charge in [0.2, 0.25) is 0 Å². The number of ether oxygens (including phenoxy) is 2. The van der Waals surface area contributed by atoms with Crippen LogP contribution in [0.2, 0.25) is 0 Å². The molecular weight excluding hydrogens is 456 g/mol. The van der Waals surface area contributed by atoms with E-state index in [1.165, 1.54) is 13.2 Å². The van der Waals surface area contributed by atoms with Gasteiger partial charge in [0, 0.05) is 24.1 Å². The van der Waals surface area contributed by atoms with Crippen molar-refractivity contribution in [3.63, 3.8) is 0 Å². The van der Waals surface area contributed by atoms with Gasteiger partial charge in [0.1, 0.15) is 72.0 Å². The summed E-state index contributed by atoms with van der Waals surface area (Å²) in [4.78, 5) is 22.5. The molecule has 1 aromatic carbocycles. The lowest BCUT2D eigenvalue weighted by Crippen LogP contribution is -2.47. The predicted octanol–water partition coefficient (Wildman–Crippen LogP) is -1.24. The molecule has 2 heterocycles. The van der Waals surface area contributed by atoms with Gasteiger partial charge in [-0.3, -0.25) is 4.79 Å². The number of aliphatic hydroxyl groups excluding tert-OH is 5. The number of benzene rings is 1. The van der Waals surface area contributed by atoms with Crippen LogP contribution in [0.5, 0.6) is 11.5 Å². The van der Waals surface area contributed by atoms with Crippen LogP contribution in [0.3, 0.4) is 0 Å². The van der Waals surface area contributed by atoms with Gasteiger partial charge in [-0.15, -0.1) is 0 Å². The lowest BCUT2D eigenvalue weighted by atomic mass is 9.96. The highest BCUT2D eigenvalue weighted by molar-refractivity contribution is 5.87. The van der Waals surface area contributed by atoms with E-state index in [0.717, 1.165) is 0 Å². The molecule has 0 amide bonds. The van der Waals surface area contributed by atoms with Crippen molar-refractivity contribution in [2.75, 3.05) is 20.3 Å². The van der Waals surface area contributed by atoms with Crippen molar-refractivity contribution in [2.24, 2.45) is 0 Å². The van der Waals surface area contributed by atoms with Crippen molar-refractivity contribution in [1.82, 2.24) is 0 Å². The average molecular weight is 486 g/mol. The minimum atomic E-state index is -1.80. The van der Waals surface area contributed by atoms with Crippen molar-refractivity contribution in [3.05, 3.63) is 33.7 Å². The first-order valence-corrected chi connectivity index (χ1v) is 10.6. The smallest absolute Gasteiger partial charge is 0.196 e. The van der Waals surface area contributed by atoms with Crippen LogP contribution in [0.4, 0.5) is 0 Å². The fourth-order valence-electron chi connectivity index (χ4n) is 3.60. The highest BCUT2D eigenvalue weighted by Crippen LogP contribution is 2.42. The lowest BCUT2D eigenvalue weighted by Gasteiger charge is -2.25. The van der Waals surface area contributed by atoms with E-state index in [0.29, 0.717) is 23.5 Å². The molecule has 2 aromatic rings. The topological polar surface area (TPSA) is 189 Å². The summed E-state index contributed by atoms with van der Waals surface area (Å²) in [7, 11) is 1.42. The van der Waals surface area contributed by atoms with Crippen LogP contribution in [0.25, 0.3) is 11.0 Å². The van der Waals surface area contributed by atoms with Gasteiger partial charge >= 0.3 is 0 Å². The van der Waals surface area contributed by atoms with E-state index in [9.17, 15) is 30.3 Å². The van der Waals surface area contributed by atoms with Crippen LogP contribution in [0, 0.1) is 0 Å². The molecule has 6 N–H and O–H groups in total. The van der Waals surface area contributed by atoms with Crippen molar-refractivity contribution >= 4 is 11.0 Å². The standard InChI is InChI=1S/C22H30O12/c1-22(2,29)17-5-11-15(34-17)6-16-18(21(11)30-3)12(24)4-10(33-16)8-31-32-9-14(26)20(28)19(27)13(25)7-23/h4,6,13-14,17,19-20,23,25-29H,5,7-9H2,1-3H3/t13-,14+,17+,19-,20-/m1/s1. The van der Waals surface area contributed by atoms with E-state index in [-0.39, 0.29) is 23.3 Å². The monoisotopic (exact) mass is 486 g/mol. The molecule has 0 unspecified atom stereocenters. The van der Waals surface area contributed by atoms with Crippen LogP contribution in [-0.2, 0) is 22.8 Å². The molecule has 34 heavy (non-hydrogen) atoms. The molecular formula is C22H30O12. The number of rotatable bonds is 11. The zero-order valence-corrected chi connectivity index (χ0v) is 19.0. The third-order valence-electron chi connectivity index (χ3n) is 5.59. The van der Waals surface area contributed by atoms with Crippen LogP contribution in [0.1, 0.15) is 25.2 Å². The van der Waals surface area contributed by atoms with Crippen LogP contribution in [-0.4, -0.2) is 87.1 Å². The summed E-state index contributed by atoms with van der Waals surface area (Å²) in [6, 6.07) is 2.73. The van der Waals surface area contributed by atoms with Crippen LogP contribution < -0.4 is 14.9 Å². The highest BCUT2D eigenvalue weighted by Gasteiger charge is 2.38. The van der Waals surface area contributed by atoms with E-state index in [1.807, 2.05) is 0 Å². The summed E-state index contributed by atoms with van der Waals surface area (Å²) >= 11 is 0. The lowest BCUT2D eigenvalue weighted by molar-refractivity contribution is -0.321. The number of aliphatic hydroxyl groups is 6. The Morgan fingerprint density at radius 2 is 1.79 bits per heavy atom. The maximum atomic E-state index is 12.8. The van der Waals surface area contributed by atoms with Gasteiger partial charge in [0.25, 0.3) is 0 Å². The molecule has 0 bridgehead atoms. The van der Waals surface area contributed by atoms with Crippen molar-refractivity contribution < 1.29 is 54.3 Å². The van der Waals surface area contributed by atoms with Crippen LogP contribution >= 0.6 is 0 Å². The second-order valence-corrected chi connectivity index (χ2v) is 8.65. The van der Waals surface area contributed by atoms with E-state index in [2.05, 4.69) is 0 Å². The molecule has 0 fully saturated rings. The summed E-state index contributed by atoms with van der Waals surface area (Å²) in [5.41, 5.74) is -0.686. The fraction of sp³-hybridized carbons (Fsp3) is 0.591. The molecule has 0 saturated carbocycles. The van der Waals surface area contributed by atoms with Crippen molar-refractivity contribution in [3.8, 4) is 11.5 Å². The largest absolute Gasteiger partial charge is 0.495 e. The van der Waals surface area contributed by atoms with E-state index in [4.69, 9.17) is 28.8 Å². The third kappa shape index (κ3) is 5.50. The zero-order valence-electron chi connectivity index (χ0n) is 19.0. The molecule has 5 atom stereocenters. The van der Waals surface area contributed by atoms with Gasteiger partial charge in [0.05, 0.1) is 19.3 Å². The van der Waals surface area contributed by atoms with Gasteiger partial charge in [-0.2, -0.15) is 0 Å². The SMILES string of the molecule is COc1c2c(cc3oc(COOC[C@H](O)[C@@H](O)[C@H](O)[C@H](O)CO)cc(=O)c13)O[C@H](C(C)(C)O)C2. The Morgan fingerprint density at radius 3 is 2.41 bits per heavy atom. The minimum absolute atomic E-state index is 0.0855. The number of fused-ring (bicyclic) bond motifs is 2. The first-order valence-electron chi connectivity index (χ1n) is 10.6. The summed E-state index contributed by atoms with van der Waals surface area (Å²) in [6.45, 7) is 1.53. The number of methoxy groups -OCH3 is 1. The molecule has 1 aliphatic heterocycles. The van der Waals surface area contributed by atoms with Crippen LogP contribution in [0.15, 0.2) is 21.3 Å². The molecule has 1 aliphatic rings. The molecule has 190 valence electrons. The van der Waals surface area contributed by atoms with Gasteiger partial charge in [-0.05, 0) is 13.8 Å². The maximum Gasteiger partial charge on any atom is 0.196 e. The summed E-state index contributed by atoms with van der Waals surface area (Å²) in [5.74, 6) is 0.814. The highest BCUT2D eigenvalue weighted by atomic mass is 17.2. The first-order chi connectivity index (χ1) is 16.0. The van der Waals surface area contributed by atoms with E-state index in [1.54, 1.807) is 19.9 Å². The molecule has 0 saturated heterocycles. The predicted molar refractivity (Wildman–Crippen MR) is 115 cm³/mol. The normalized spacial score (nSPS) is 19.4. The third-order valence-corrected chi connectivity index (χ3v) is 5.59. The van der Waals surface area contributed by atoms with Crippen molar-refractivity contribution in [1.29, 1.82) is 0 Å². The quantitative estimate of drug-likeness (QED) is 0.126. The fourth-order valence-corrected chi connectivity index (χ4v) is 3.60. The summed E-state index contributed by atoms with van der Waals surface area (Å²) in [6.07, 6.45) is -7.04. The van der Waals surface area contributed by atoms with E-state index < -0.39 is 54.8 Å². The molecule has 3 rings (SSSR count). The second-order valence-electron chi connectivity index (χ2n) is 8.65. The molecule has 0 spiro atoms. The second kappa shape index (κ2) is 10.5. The Morgan fingerprint density at radius 1 is 1.12 bits per heavy atom. The Kier molecular flexibility index (Phi) is 8.16. The van der Waals surface area contributed by atoms with Gasteiger partial charge in [0.15, 0.2) is 5.43 Å². The van der Waals surface area contributed by atoms with E-state index >= 15 is 0 Å².